The number of hydrogen-bond acceptors (Lipinski definition) is 5. The van der Waals surface area contributed by atoms with Crippen molar-refractivity contribution in [1.29, 1.82) is 0 Å². The summed E-state index contributed by atoms with van der Waals surface area (Å²) in [7, 11) is 3.38. The Balaban J connectivity index is 1.74. The van der Waals surface area contributed by atoms with Crippen LogP contribution in [0.15, 0.2) is 48.5 Å². The molecule has 0 bridgehead atoms. The molecule has 2 aromatic carbocycles. The Hall–Kier alpha value is -2.08. The average molecular weight is 427 g/mol. The van der Waals surface area contributed by atoms with E-state index < -0.39 is 11.2 Å². The SMILES string of the molecule is CCC(CC1CO1)(OC(CC)(CC1CO1)c1ccc(OC)cc1)c1ccc(OC)cc1. The number of ether oxygens (including phenoxy) is 5. The molecule has 0 N–H and O–H groups in total. The smallest absolute Gasteiger partial charge is 0.118 e. The molecule has 0 saturated carbocycles. The van der Waals surface area contributed by atoms with E-state index in [1.807, 2.05) is 24.3 Å². The van der Waals surface area contributed by atoms with Crippen LogP contribution in [0.5, 0.6) is 11.5 Å². The first-order chi connectivity index (χ1) is 15.1. The van der Waals surface area contributed by atoms with Crippen molar-refractivity contribution in [2.24, 2.45) is 0 Å². The van der Waals surface area contributed by atoms with E-state index in [9.17, 15) is 0 Å². The van der Waals surface area contributed by atoms with Gasteiger partial charge >= 0.3 is 0 Å². The van der Waals surface area contributed by atoms with Crippen LogP contribution in [0, 0.1) is 0 Å². The van der Waals surface area contributed by atoms with Gasteiger partial charge in [0.2, 0.25) is 0 Å². The maximum absolute atomic E-state index is 7.30. The Morgan fingerprint density at radius 3 is 1.32 bits per heavy atom. The summed E-state index contributed by atoms with van der Waals surface area (Å²) in [5.74, 6) is 1.69. The zero-order valence-corrected chi connectivity index (χ0v) is 19.1. The van der Waals surface area contributed by atoms with Crippen molar-refractivity contribution in [2.45, 2.75) is 62.9 Å². The summed E-state index contributed by atoms with van der Waals surface area (Å²) in [6, 6.07) is 16.6. The molecule has 5 nitrogen and oxygen atoms in total. The van der Waals surface area contributed by atoms with Crippen molar-refractivity contribution in [2.75, 3.05) is 27.4 Å². The van der Waals surface area contributed by atoms with Crippen LogP contribution in [0.3, 0.4) is 0 Å². The lowest BCUT2D eigenvalue weighted by Gasteiger charge is -2.44. The first kappa shape index (κ1) is 22.1. The van der Waals surface area contributed by atoms with E-state index >= 15 is 0 Å². The molecular weight excluding hydrogens is 392 g/mol. The zero-order valence-electron chi connectivity index (χ0n) is 19.1. The summed E-state index contributed by atoms with van der Waals surface area (Å²) in [6.07, 6.45) is 3.85. The van der Waals surface area contributed by atoms with Crippen molar-refractivity contribution >= 4 is 0 Å². The largest absolute Gasteiger partial charge is 0.497 e. The highest BCUT2D eigenvalue weighted by Gasteiger charge is 2.48. The lowest BCUT2D eigenvalue weighted by molar-refractivity contribution is -0.184. The molecule has 0 radical (unpaired) electrons. The van der Waals surface area contributed by atoms with E-state index in [1.54, 1.807) is 14.2 Å². The minimum absolute atomic E-state index is 0.240. The second-order valence-electron chi connectivity index (χ2n) is 8.57. The van der Waals surface area contributed by atoms with Crippen LogP contribution in [0.1, 0.15) is 50.7 Å². The van der Waals surface area contributed by atoms with Gasteiger partial charge in [-0.3, -0.25) is 0 Å². The highest BCUT2D eigenvalue weighted by atomic mass is 16.6. The summed E-state index contributed by atoms with van der Waals surface area (Å²) in [5.41, 5.74) is 1.40. The predicted molar refractivity (Wildman–Crippen MR) is 120 cm³/mol. The van der Waals surface area contributed by atoms with E-state index in [0.29, 0.717) is 0 Å². The molecule has 4 rings (SSSR count). The zero-order chi connectivity index (χ0) is 21.9. The summed E-state index contributed by atoms with van der Waals surface area (Å²) in [4.78, 5) is 0. The van der Waals surface area contributed by atoms with Crippen molar-refractivity contribution in [3.63, 3.8) is 0 Å². The molecule has 0 amide bonds. The van der Waals surface area contributed by atoms with Crippen LogP contribution < -0.4 is 9.47 Å². The molecule has 2 saturated heterocycles. The van der Waals surface area contributed by atoms with Crippen molar-refractivity contribution in [3.05, 3.63) is 59.7 Å². The lowest BCUT2D eigenvalue weighted by atomic mass is 9.81. The maximum Gasteiger partial charge on any atom is 0.118 e. The third kappa shape index (κ3) is 4.89. The molecule has 2 aromatic rings. The quantitative estimate of drug-likeness (QED) is 0.436. The van der Waals surface area contributed by atoms with Crippen molar-refractivity contribution < 1.29 is 23.7 Å². The third-order valence-electron chi connectivity index (χ3n) is 6.68. The van der Waals surface area contributed by atoms with Crippen LogP contribution in [0.25, 0.3) is 0 Å². The molecule has 0 aliphatic carbocycles. The Labute approximate surface area is 185 Å². The molecule has 2 heterocycles. The Morgan fingerprint density at radius 1 is 0.710 bits per heavy atom. The van der Waals surface area contributed by atoms with Gasteiger partial charge in [-0.25, -0.2) is 0 Å². The molecule has 4 atom stereocenters. The molecule has 2 fully saturated rings. The Morgan fingerprint density at radius 2 is 1.06 bits per heavy atom. The first-order valence-corrected chi connectivity index (χ1v) is 11.3. The van der Waals surface area contributed by atoms with Gasteiger partial charge in [0.15, 0.2) is 0 Å². The van der Waals surface area contributed by atoms with Gasteiger partial charge in [-0.15, -0.1) is 0 Å². The van der Waals surface area contributed by atoms with E-state index in [2.05, 4.69) is 38.1 Å². The van der Waals surface area contributed by atoms with Gasteiger partial charge in [0, 0.05) is 12.8 Å². The van der Waals surface area contributed by atoms with Gasteiger partial charge in [0.1, 0.15) is 11.5 Å². The summed E-state index contributed by atoms with van der Waals surface area (Å²) >= 11 is 0. The van der Waals surface area contributed by atoms with Crippen LogP contribution in [0.4, 0.5) is 0 Å². The van der Waals surface area contributed by atoms with Crippen LogP contribution in [-0.4, -0.2) is 39.6 Å². The normalized spacial score (nSPS) is 23.5. The summed E-state index contributed by atoms with van der Waals surface area (Å²) in [5, 5.41) is 0. The van der Waals surface area contributed by atoms with Crippen LogP contribution in [-0.2, 0) is 25.4 Å². The molecule has 4 unspecified atom stereocenters. The first-order valence-electron chi connectivity index (χ1n) is 11.3. The number of epoxide rings is 2. The highest BCUT2D eigenvalue weighted by Crippen LogP contribution is 2.48. The number of benzene rings is 2. The molecule has 0 aromatic heterocycles. The molecular formula is C26H34O5. The number of hydrogen-bond donors (Lipinski definition) is 0. The Kier molecular flexibility index (Phi) is 6.56. The number of methoxy groups -OCH3 is 2. The fourth-order valence-corrected chi connectivity index (χ4v) is 4.55. The van der Waals surface area contributed by atoms with Crippen LogP contribution in [0.2, 0.25) is 0 Å². The molecule has 168 valence electrons. The molecule has 5 heteroatoms. The van der Waals surface area contributed by atoms with Gasteiger partial charge in [-0.1, -0.05) is 38.1 Å². The summed E-state index contributed by atoms with van der Waals surface area (Å²) < 4.78 is 29.4. The number of rotatable bonds is 12. The van der Waals surface area contributed by atoms with Crippen molar-refractivity contribution in [1.82, 2.24) is 0 Å². The van der Waals surface area contributed by atoms with E-state index in [0.717, 1.165) is 61.5 Å². The molecule has 0 spiro atoms. The van der Waals surface area contributed by atoms with E-state index in [4.69, 9.17) is 23.7 Å². The highest BCUT2D eigenvalue weighted by molar-refractivity contribution is 5.34. The monoisotopic (exact) mass is 426 g/mol. The Bertz CT molecular complexity index is 770. The predicted octanol–water partition coefficient (Wildman–Crippen LogP) is 5.21. The lowest BCUT2D eigenvalue weighted by Crippen LogP contribution is -2.42. The van der Waals surface area contributed by atoms with Gasteiger partial charge in [-0.05, 0) is 48.2 Å². The minimum Gasteiger partial charge on any atom is -0.497 e. The second-order valence-corrected chi connectivity index (χ2v) is 8.57. The van der Waals surface area contributed by atoms with Gasteiger partial charge in [0.25, 0.3) is 0 Å². The van der Waals surface area contributed by atoms with Crippen LogP contribution >= 0.6 is 0 Å². The molecule has 2 aliphatic heterocycles. The topological polar surface area (TPSA) is 52.8 Å². The van der Waals surface area contributed by atoms with Gasteiger partial charge in [0.05, 0.1) is 50.8 Å². The maximum atomic E-state index is 7.30. The van der Waals surface area contributed by atoms with Crippen molar-refractivity contribution in [3.8, 4) is 11.5 Å². The fraction of sp³-hybridized carbons (Fsp3) is 0.538. The van der Waals surface area contributed by atoms with Gasteiger partial charge < -0.3 is 23.7 Å². The second kappa shape index (κ2) is 9.19. The average Bonchev–Trinajstić information content (AvgIpc) is 3.75. The third-order valence-corrected chi connectivity index (χ3v) is 6.68. The van der Waals surface area contributed by atoms with Gasteiger partial charge in [-0.2, -0.15) is 0 Å². The summed E-state index contributed by atoms with van der Waals surface area (Å²) in [6.45, 7) is 6.01. The standard InChI is InChI=1S/C26H34O5/c1-5-25(15-23-17-29-23,19-7-11-21(27-3)12-8-19)31-26(6-2,16-24-18-30-24)20-9-13-22(28-4)14-10-20/h7-14,23-24H,5-6,15-18H2,1-4H3. The molecule has 2 aliphatic rings. The minimum atomic E-state index is -0.460. The van der Waals surface area contributed by atoms with E-state index in [1.165, 1.54) is 0 Å². The fourth-order valence-electron chi connectivity index (χ4n) is 4.55. The molecule has 31 heavy (non-hydrogen) atoms. The van der Waals surface area contributed by atoms with E-state index in [-0.39, 0.29) is 12.2 Å².